The molecule has 8 heteroatoms. The van der Waals surface area contributed by atoms with Gasteiger partial charge in [-0.1, -0.05) is 6.92 Å². The number of fused-ring (bicyclic) bond motifs is 1. The van der Waals surface area contributed by atoms with Gasteiger partial charge >= 0.3 is 5.97 Å². The summed E-state index contributed by atoms with van der Waals surface area (Å²) in [5, 5.41) is 8.89. The number of carboxylic acid groups (broad SMARTS) is 1. The summed E-state index contributed by atoms with van der Waals surface area (Å²) in [6.45, 7) is 1.33. The first-order chi connectivity index (χ1) is 10.3. The van der Waals surface area contributed by atoms with E-state index in [-0.39, 0.29) is 23.8 Å². The molecule has 0 fully saturated rings. The third-order valence-corrected chi connectivity index (χ3v) is 5.39. The number of carbonyl (C=O) groups excluding carboxylic acids is 1. The Morgan fingerprint density at radius 1 is 1.41 bits per heavy atom. The quantitative estimate of drug-likeness (QED) is 0.830. The van der Waals surface area contributed by atoms with Crippen molar-refractivity contribution in [3.8, 4) is 0 Å². The van der Waals surface area contributed by atoms with Gasteiger partial charge in [0.15, 0.2) is 0 Å². The highest BCUT2D eigenvalue weighted by molar-refractivity contribution is 7.89. The van der Waals surface area contributed by atoms with Gasteiger partial charge in [0.1, 0.15) is 6.54 Å². The SMILES string of the molecule is CCCN(CC(=O)O)S(=O)(=O)c1ccc2c(c1)CC(=O)N2C. The fourth-order valence-electron chi connectivity index (χ4n) is 2.44. The lowest BCUT2D eigenvalue weighted by atomic mass is 10.2. The number of sulfonamides is 1. The van der Waals surface area contributed by atoms with Crippen LogP contribution >= 0.6 is 0 Å². The normalized spacial score (nSPS) is 14.5. The molecule has 1 aliphatic rings. The third-order valence-electron chi connectivity index (χ3n) is 3.55. The highest BCUT2D eigenvalue weighted by Gasteiger charge is 2.29. The van der Waals surface area contributed by atoms with Crippen LogP contribution in [0.1, 0.15) is 18.9 Å². The molecule has 2 rings (SSSR count). The second kappa shape index (κ2) is 6.05. The number of rotatable bonds is 6. The molecule has 1 amide bonds. The first-order valence-electron chi connectivity index (χ1n) is 6.88. The molecule has 120 valence electrons. The minimum atomic E-state index is -3.89. The second-order valence-electron chi connectivity index (χ2n) is 5.15. The van der Waals surface area contributed by atoms with Gasteiger partial charge in [0.2, 0.25) is 15.9 Å². The summed E-state index contributed by atoms with van der Waals surface area (Å²) in [4.78, 5) is 24.0. The smallest absolute Gasteiger partial charge is 0.318 e. The summed E-state index contributed by atoms with van der Waals surface area (Å²) in [5.74, 6) is -1.30. The molecule has 1 aliphatic heterocycles. The number of hydrogen-bond donors (Lipinski definition) is 1. The number of carbonyl (C=O) groups is 2. The van der Waals surface area contributed by atoms with Gasteiger partial charge in [-0.05, 0) is 30.2 Å². The minimum absolute atomic E-state index is 0.0176. The zero-order chi connectivity index (χ0) is 16.5. The Bertz CT molecular complexity index is 714. The van der Waals surface area contributed by atoms with Gasteiger partial charge in [-0.15, -0.1) is 0 Å². The number of nitrogens with zero attached hydrogens (tertiary/aromatic N) is 2. The minimum Gasteiger partial charge on any atom is -0.480 e. The predicted molar refractivity (Wildman–Crippen MR) is 80.2 cm³/mol. The van der Waals surface area contributed by atoms with Gasteiger partial charge in [-0.3, -0.25) is 9.59 Å². The summed E-state index contributed by atoms with van der Waals surface area (Å²) in [7, 11) is -2.26. The Labute approximate surface area is 129 Å². The van der Waals surface area contributed by atoms with Crippen LogP contribution in [0.2, 0.25) is 0 Å². The molecule has 0 aromatic heterocycles. The lowest BCUT2D eigenvalue weighted by Crippen LogP contribution is -2.36. The van der Waals surface area contributed by atoms with Crippen molar-refractivity contribution < 1.29 is 23.1 Å². The van der Waals surface area contributed by atoms with Crippen LogP contribution < -0.4 is 4.90 Å². The number of aliphatic carboxylic acids is 1. The van der Waals surface area contributed by atoms with Crippen molar-refractivity contribution in [3.05, 3.63) is 23.8 Å². The van der Waals surface area contributed by atoms with Crippen molar-refractivity contribution in [2.45, 2.75) is 24.7 Å². The van der Waals surface area contributed by atoms with E-state index in [0.29, 0.717) is 17.7 Å². The van der Waals surface area contributed by atoms with Crippen molar-refractivity contribution >= 4 is 27.6 Å². The molecule has 0 atom stereocenters. The lowest BCUT2D eigenvalue weighted by molar-refractivity contribution is -0.137. The first-order valence-corrected chi connectivity index (χ1v) is 8.32. The van der Waals surface area contributed by atoms with E-state index in [1.807, 2.05) is 0 Å². The van der Waals surface area contributed by atoms with Gasteiger partial charge in [0.05, 0.1) is 11.3 Å². The number of carboxylic acids is 1. The zero-order valence-corrected chi connectivity index (χ0v) is 13.3. The molecule has 0 saturated carbocycles. The molecule has 22 heavy (non-hydrogen) atoms. The summed E-state index contributed by atoms with van der Waals surface area (Å²) in [5.41, 5.74) is 1.32. The lowest BCUT2D eigenvalue weighted by Gasteiger charge is -2.20. The number of amides is 1. The molecule has 1 aromatic rings. The Morgan fingerprint density at radius 3 is 2.68 bits per heavy atom. The van der Waals surface area contributed by atoms with Crippen molar-refractivity contribution in [2.24, 2.45) is 0 Å². The Kier molecular flexibility index (Phi) is 4.52. The monoisotopic (exact) mass is 326 g/mol. The molecule has 0 spiro atoms. The highest BCUT2D eigenvalue weighted by atomic mass is 32.2. The van der Waals surface area contributed by atoms with E-state index in [0.717, 1.165) is 4.31 Å². The van der Waals surface area contributed by atoms with Crippen molar-refractivity contribution in [1.82, 2.24) is 4.31 Å². The third kappa shape index (κ3) is 2.97. The summed E-state index contributed by atoms with van der Waals surface area (Å²) >= 11 is 0. The largest absolute Gasteiger partial charge is 0.480 e. The maximum Gasteiger partial charge on any atom is 0.318 e. The predicted octanol–water partition coefficient (Wildman–Crippen LogP) is 0.691. The van der Waals surface area contributed by atoms with Gasteiger partial charge in [-0.25, -0.2) is 8.42 Å². The van der Waals surface area contributed by atoms with Crippen LogP contribution in [-0.2, 0) is 26.0 Å². The van der Waals surface area contributed by atoms with Crippen molar-refractivity contribution in [1.29, 1.82) is 0 Å². The molecule has 1 aromatic carbocycles. The average Bonchev–Trinajstić information content (AvgIpc) is 2.72. The van der Waals surface area contributed by atoms with Gasteiger partial charge in [0, 0.05) is 19.3 Å². The Hall–Kier alpha value is -1.93. The molecule has 0 aliphatic carbocycles. The van der Waals surface area contributed by atoms with Crippen molar-refractivity contribution in [3.63, 3.8) is 0 Å². The van der Waals surface area contributed by atoms with E-state index in [4.69, 9.17) is 5.11 Å². The van der Waals surface area contributed by atoms with E-state index in [2.05, 4.69) is 0 Å². The van der Waals surface area contributed by atoms with Gasteiger partial charge in [0.25, 0.3) is 0 Å². The maximum atomic E-state index is 12.6. The highest BCUT2D eigenvalue weighted by Crippen LogP contribution is 2.30. The standard InChI is InChI=1S/C14H18N2O5S/c1-3-6-16(9-14(18)19)22(20,21)11-4-5-12-10(7-11)8-13(17)15(12)2/h4-5,7H,3,6,8-9H2,1-2H3,(H,18,19). The molecular formula is C14H18N2O5S. The summed E-state index contributed by atoms with van der Waals surface area (Å²) in [6, 6.07) is 4.45. The van der Waals surface area contributed by atoms with Crippen LogP contribution in [-0.4, -0.2) is 49.8 Å². The van der Waals surface area contributed by atoms with Crippen LogP contribution in [0, 0.1) is 0 Å². The number of likely N-dealkylation sites (N-methyl/N-ethyl adjacent to an activating group) is 1. The molecule has 7 nitrogen and oxygen atoms in total. The zero-order valence-electron chi connectivity index (χ0n) is 12.4. The fourth-order valence-corrected chi connectivity index (χ4v) is 3.97. The van der Waals surface area contributed by atoms with Crippen LogP contribution in [0.3, 0.4) is 0 Å². The second-order valence-corrected chi connectivity index (χ2v) is 7.09. The summed E-state index contributed by atoms with van der Waals surface area (Å²) < 4.78 is 26.1. The molecule has 1 heterocycles. The number of hydrogen-bond acceptors (Lipinski definition) is 4. The average molecular weight is 326 g/mol. The van der Waals surface area contributed by atoms with Crippen LogP contribution in [0.5, 0.6) is 0 Å². The molecule has 1 N–H and O–H groups in total. The number of anilines is 1. The van der Waals surface area contributed by atoms with E-state index < -0.39 is 22.5 Å². The van der Waals surface area contributed by atoms with Gasteiger partial charge in [-0.2, -0.15) is 4.31 Å². The molecular weight excluding hydrogens is 308 g/mol. The van der Waals surface area contributed by atoms with Crippen LogP contribution in [0.4, 0.5) is 5.69 Å². The van der Waals surface area contributed by atoms with Crippen LogP contribution in [0.15, 0.2) is 23.1 Å². The van der Waals surface area contributed by atoms with Gasteiger partial charge < -0.3 is 10.0 Å². The van der Waals surface area contributed by atoms with Crippen LogP contribution in [0.25, 0.3) is 0 Å². The topological polar surface area (TPSA) is 95.0 Å². The van der Waals surface area contributed by atoms with E-state index >= 15 is 0 Å². The number of benzene rings is 1. The first kappa shape index (κ1) is 16.4. The van der Waals surface area contributed by atoms with Crippen molar-refractivity contribution in [2.75, 3.05) is 25.0 Å². The van der Waals surface area contributed by atoms with E-state index in [1.165, 1.54) is 17.0 Å². The maximum absolute atomic E-state index is 12.6. The van der Waals surface area contributed by atoms with E-state index in [9.17, 15) is 18.0 Å². The Morgan fingerprint density at radius 2 is 2.09 bits per heavy atom. The fraction of sp³-hybridized carbons (Fsp3) is 0.429. The molecule has 0 saturated heterocycles. The summed E-state index contributed by atoms with van der Waals surface area (Å²) in [6.07, 6.45) is 0.667. The molecule has 0 unspecified atom stereocenters. The molecule has 0 radical (unpaired) electrons. The Balaban J connectivity index is 2.39. The molecule has 0 bridgehead atoms. The van der Waals surface area contributed by atoms with E-state index in [1.54, 1.807) is 20.0 Å².